The summed E-state index contributed by atoms with van der Waals surface area (Å²) in [6.07, 6.45) is 0. The van der Waals surface area contributed by atoms with Crippen LogP contribution in [0.15, 0.2) is 42.5 Å². The Morgan fingerprint density at radius 1 is 0.867 bits per heavy atom. The fourth-order valence-electron chi connectivity index (χ4n) is 1.74. The summed E-state index contributed by atoms with van der Waals surface area (Å²) in [5.74, 6) is 0. The molecule has 0 saturated heterocycles. The zero-order valence-electron chi connectivity index (χ0n) is 9.12. The SMILES string of the molecule is Cc1ccc(-c2ccc(P)cc2C)cc1. The average molecular weight is 214 g/mol. The van der Waals surface area contributed by atoms with Crippen LogP contribution in [0.3, 0.4) is 0 Å². The van der Waals surface area contributed by atoms with E-state index in [9.17, 15) is 0 Å². The maximum absolute atomic E-state index is 2.73. The lowest BCUT2D eigenvalue weighted by molar-refractivity contribution is 1.44. The standard InChI is InChI=1S/C14H15P/c1-10-3-5-12(6-4-10)14-8-7-13(15)9-11(14)2/h3-9H,15H2,1-2H3. The van der Waals surface area contributed by atoms with Crippen molar-refractivity contribution in [2.75, 3.05) is 0 Å². The van der Waals surface area contributed by atoms with E-state index in [1.54, 1.807) is 0 Å². The third-order valence-electron chi connectivity index (χ3n) is 2.61. The molecular weight excluding hydrogens is 199 g/mol. The van der Waals surface area contributed by atoms with Gasteiger partial charge in [-0.1, -0.05) is 48.0 Å². The van der Waals surface area contributed by atoms with Crippen molar-refractivity contribution in [3.05, 3.63) is 53.6 Å². The van der Waals surface area contributed by atoms with Crippen molar-refractivity contribution in [3.8, 4) is 11.1 Å². The van der Waals surface area contributed by atoms with Gasteiger partial charge in [0, 0.05) is 0 Å². The number of hydrogen-bond donors (Lipinski definition) is 0. The van der Waals surface area contributed by atoms with Crippen LogP contribution in [0.4, 0.5) is 0 Å². The third kappa shape index (κ3) is 2.27. The Morgan fingerprint density at radius 2 is 1.53 bits per heavy atom. The van der Waals surface area contributed by atoms with E-state index in [0.717, 1.165) is 0 Å². The zero-order chi connectivity index (χ0) is 10.8. The molecule has 0 N–H and O–H groups in total. The second kappa shape index (κ2) is 4.16. The second-order valence-electron chi connectivity index (χ2n) is 3.94. The molecule has 0 spiro atoms. The van der Waals surface area contributed by atoms with Gasteiger partial charge in [-0.25, -0.2) is 0 Å². The summed E-state index contributed by atoms with van der Waals surface area (Å²) in [5, 5.41) is 1.24. The van der Waals surface area contributed by atoms with Crippen molar-refractivity contribution in [3.63, 3.8) is 0 Å². The predicted molar refractivity (Wildman–Crippen MR) is 70.7 cm³/mol. The Labute approximate surface area is 93.5 Å². The lowest BCUT2D eigenvalue weighted by Gasteiger charge is -2.07. The van der Waals surface area contributed by atoms with E-state index in [4.69, 9.17) is 0 Å². The minimum absolute atomic E-state index is 1.24. The van der Waals surface area contributed by atoms with Crippen LogP contribution >= 0.6 is 9.24 Å². The Hall–Kier alpha value is -1.13. The van der Waals surface area contributed by atoms with Gasteiger partial charge in [0.1, 0.15) is 0 Å². The van der Waals surface area contributed by atoms with Crippen molar-refractivity contribution in [2.24, 2.45) is 0 Å². The second-order valence-corrected chi connectivity index (χ2v) is 4.61. The molecule has 1 unspecified atom stereocenters. The quantitative estimate of drug-likeness (QED) is 0.638. The smallest absolute Gasteiger partial charge is 0.0154 e. The molecule has 0 heterocycles. The Kier molecular flexibility index (Phi) is 2.88. The summed E-state index contributed by atoms with van der Waals surface area (Å²) >= 11 is 0. The number of benzene rings is 2. The summed E-state index contributed by atoms with van der Waals surface area (Å²) in [5.41, 5.74) is 5.25. The molecule has 0 bridgehead atoms. The van der Waals surface area contributed by atoms with Crippen LogP contribution in [0.5, 0.6) is 0 Å². The Morgan fingerprint density at radius 3 is 2.13 bits per heavy atom. The summed E-state index contributed by atoms with van der Waals surface area (Å²) < 4.78 is 0. The van der Waals surface area contributed by atoms with Gasteiger partial charge < -0.3 is 0 Å². The molecule has 0 aliphatic rings. The third-order valence-corrected chi connectivity index (χ3v) is 2.97. The van der Waals surface area contributed by atoms with Crippen LogP contribution < -0.4 is 5.30 Å². The first-order chi connectivity index (χ1) is 7.16. The Balaban J connectivity index is 2.49. The fraction of sp³-hybridized carbons (Fsp3) is 0.143. The van der Waals surface area contributed by atoms with Crippen LogP contribution in [-0.2, 0) is 0 Å². The highest BCUT2D eigenvalue weighted by Crippen LogP contribution is 2.22. The van der Waals surface area contributed by atoms with Crippen molar-refractivity contribution in [1.29, 1.82) is 0 Å². The molecule has 0 aliphatic carbocycles. The van der Waals surface area contributed by atoms with Gasteiger partial charge in [-0.3, -0.25) is 0 Å². The molecule has 0 radical (unpaired) electrons. The van der Waals surface area contributed by atoms with Crippen LogP contribution in [0.1, 0.15) is 11.1 Å². The molecule has 1 atom stereocenters. The molecule has 76 valence electrons. The van der Waals surface area contributed by atoms with Crippen molar-refractivity contribution < 1.29 is 0 Å². The lowest BCUT2D eigenvalue weighted by Crippen LogP contribution is -1.92. The normalized spacial score (nSPS) is 10.3. The molecule has 0 nitrogen and oxygen atoms in total. The predicted octanol–water partition coefficient (Wildman–Crippen LogP) is 3.47. The highest BCUT2D eigenvalue weighted by molar-refractivity contribution is 7.27. The van der Waals surface area contributed by atoms with Gasteiger partial charge >= 0.3 is 0 Å². The molecule has 0 saturated carbocycles. The number of hydrogen-bond acceptors (Lipinski definition) is 0. The first kappa shape index (κ1) is 10.4. The van der Waals surface area contributed by atoms with Gasteiger partial charge in [0.25, 0.3) is 0 Å². The van der Waals surface area contributed by atoms with E-state index in [-0.39, 0.29) is 0 Å². The summed E-state index contributed by atoms with van der Waals surface area (Å²) in [6, 6.07) is 15.2. The molecule has 15 heavy (non-hydrogen) atoms. The maximum Gasteiger partial charge on any atom is -0.0154 e. The molecule has 2 aromatic carbocycles. The van der Waals surface area contributed by atoms with Gasteiger partial charge in [0.2, 0.25) is 0 Å². The molecule has 2 rings (SSSR count). The fourth-order valence-corrected chi connectivity index (χ4v) is 2.09. The van der Waals surface area contributed by atoms with Crippen LogP contribution in [-0.4, -0.2) is 0 Å². The molecule has 0 aromatic heterocycles. The molecule has 0 aliphatic heterocycles. The van der Waals surface area contributed by atoms with Gasteiger partial charge in [-0.15, -0.1) is 9.24 Å². The highest BCUT2D eigenvalue weighted by atomic mass is 31.0. The first-order valence-electron chi connectivity index (χ1n) is 5.10. The van der Waals surface area contributed by atoms with Crippen LogP contribution in [0.25, 0.3) is 11.1 Å². The van der Waals surface area contributed by atoms with E-state index in [1.165, 1.54) is 27.6 Å². The monoisotopic (exact) mass is 214 g/mol. The van der Waals surface area contributed by atoms with Gasteiger partial charge in [-0.05, 0) is 35.8 Å². The van der Waals surface area contributed by atoms with E-state index in [1.807, 2.05) is 0 Å². The van der Waals surface area contributed by atoms with Gasteiger partial charge in [0.05, 0.1) is 0 Å². The number of rotatable bonds is 1. The van der Waals surface area contributed by atoms with Crippen molar-refractivity contribution in [2.45, 2.75) is 13.8 Å². The molecule has 1 heteroatoms. The summed E-state index contributed by atoms with van der Waals surface area (Å²) in [4.78, 5) is 0. The van der Waals surface area contributed by atoms with Crippen molar-refractivity contribution in [1.82, 2.24) is 0 Å². The minimum atomic E-state index is 1.24. The molecule has 0 fully saturated rings. The van der Waals surface area contributed by atoms with Crippen molar-refractivity contribution >= 4 is 14.5 Å². The van der Waals surface area contributed by atoms with E-state index < -0.39 is 0 Å². The topological polar surface area (TPSA) is 0 Å². The van der Waals surface area contributed by atoms with Crippen LogP contribution in [0, 0.1) is 13.8 Å². The Bertz CT molecular complexity index is 469. The largest absolute Gasteiger partial charge is 0.106 e. The lowest BCUT2D eigenvalue weighted by atomic mass is 10.00. The molecule has 0 amide bonds. The minimum Gasteiger partial charge on any atom is -0.106 e. The average Bonchev–Trinajstić information content (AvgIpc) is 2.20. The zero-order valence-corrected chi connectivity index (χ0v) is 10.3. The summed E-state index contributed by atoms with van der Waals surface area (Å²) in [6.45, 7) is 4.27. The maximum atomic E-state index is 2.73. The van der Waals surface area contributed by atoms with Gasteiger partial charge in [-0.2, -0.15) is 0 Å². The van der Waals surface area contributed by atoms with Crippen LogP contribution in [0.2, 0.25) is 0 Å². The molecule has 2 aromatic rings. The highest BCUT2D eigenvalue weighted by Gasteiger charge is 2.00. The van der Waals surface area contributed by atoms with E-state index in [0.29, 0.717) is 0 Å². The van der Waals surface area contributed by atoms with E-state index in [2.05, 4.69) is 65.6 Å². The molecular formula is C14H15P. The number of aryl methyl sites for hydroxylation is 2. The summed E-state index contributed by atoms with van der Waals surface area (Å²) in [7, 11) is 2.73. The first-order valence-corrected chi connectivity index (χ1v) is 5.68. The van der Waals surface area contributed by atoms with E-state index >= 15 is 0 Å². The van der Waals surface area contributed by atoms with Gasteiger partial charge in [0.15, 0.2) is 0 Å².